The fourth-order valence-corrected chi connectivity index (χ4v) is 6.47. The van der Waals surface area contributed by atoms with Gasteiger partial charge < -0.3 is 19.0 Å². The summed E-state index contributed by atoms with van der Waals surface area (Å²) in [5.74, 6) is 0. The van der Waals surface area contributed by atoms with Crippen LogP contribution in [0.2, 0.25) is 0 Å². The second-order valence-electron chi connectivity index (χ2n) is 11.2. The Balaban J connectivity index is 0.00000320. The molecule has 0 bridgehead atoms. The summed E-state index contributed by atoms with van der Waals surface area (Å²) in [6.45, 7) is 12.2. The van der Waals surface area contributed by atoms with Crippen molar-refractivity contribution in [1.82, 2.24) is 4.90 Å². The summed E-state index contributed by atoms with van der Waals surface area (Å²) in [5, 5.41) is 0. The van der Waals surface area contributed by atoms with E-state index in [9.17, 15) is 0 Å². The van der Waals surface area contributed by atoms with Crippen molar-refractivity contribution >= 4 is 29.4 Å². The molecule has 1 aromatic heterocycles. The van der Waals surface area contributed by atoms with Gasteiger partial charge in [0.2, 0.25) is 0 Å². The Morgan fingerprint density at radius 3 is 2.32 bits per heavy atom. The van der Waals surface area contributed by atoms with Gasteiger partial charge in [-0.05, 0) is 67.4 Å². The van der Waals surface area contributed by atoms with Crippen molar-refractivity contribution in [3.63, 3.8) is 0 Å². The lowest BCUT2D eigenvalue weighted by molar-refractivity contribution is 0.0819. The van der Waals surface area contributed by atoms with Crippen molar-refractivity contribution in [1.29, 1.82) is 0 Å². The zero-order chi connectivity index (χ0) is 25.0. The van der Waals surface area contributed by atoms with Crippen LogP contribution >= 0.6 is 12.4 Å². The lowest BCUT2D eigenvalue weighted by Crippen LogP contribution is -2.46. The van der Waals surface area contributed by atoms with Gasteiger partial charge >= 0.3 is 0 Å². The zero-order valence-corrected chi connectivity index (χ0v) is 23.9. The first-order chi connectivity index (χ1) is 17.6. The zero-order valence-electron chi connectivity index (χ0n) is 23.1. The predicted octanol–water partition coefficient (Wildman–Crippen LogP) is 7.01. The fourth-order valence-electron chi connectivity index (χ4n) is 6.47. The highest BCUT2D eigenvalue weighted by atomic mass is 35.5. The van der Waals surface area contributed by atoms with Gasteiger partial charge in [-0.1, -0.05) is 32.8 Å². The first-order valence-electron chi connectivity index (χ1n) is 14.2. The van der Waals surface area contributed by atoms with Crippen molar-refractivity contribution < 1.29 is 9.15 Å². The summed E-state index contributed by atoms with van der Waals surface area (Å²) in [6.07, 6.45) is 15.2. The van der Waals surface area contributed by atoms with Gasteiger partial charge in [-0.25, -0.2) is 0 Å². The van der Waals surface area contributed by atoms with Gasteiger partial charge in [0.15, 0.2) is 0 Å². The van der Waals surface area contributed by atoms with Crippen LogP contribution in [0.15, 0.2) is 47.3 Å². The fraction of sp³-hybridized carbons (Fsp3) is 0.613. The van der Waals surface area contributed by atoms with E-state index in [2.05, 4.69) is 58.9 Å². The Morgan fingerprint density at radius 1 is 0.973 bits per heavy atom. The molecule has 2 aliphatic heterocycles. The van der Waals surface area contributed by atoms with E-state index in [4.69, 9.17) is 9.15 Å². The Morgan fingerprint density at radius 2 is 1.73 bits per heavy atom. The number of anilines is 2. The average molecular weight is 528 g/mol. The molecule has 5 rings (SSSR count). The highest BCUT2D eigenvalue weighted by Crippen LogP contribution is 2.45. The van der Waals surface area contributed by atoms with E-state index in [1.807, 2.05) is 13.4 Å². The third-order valence-electron chi connectivity index (χ3n) is 9.37. The summed E-state index contributed by atoms with van der Waals surface area (Å²) in [4.78, 5) is 7.74. The summed E-state index contributed by atoms with van der Waals surface area (Å²) in [5.41, 5.74) is 7.63. The molecule has 0 saturated carbocycles. The molecule has 0 spiro atoms. The Labute approximate surface area is 230 Å². The minimum absolute atomic E-state index is 0. The topological polar surface area (TPSA) is 32.1 Å². The summed E-state index contributed by atoms with van der Waals surface area (Å²) in [6, 6.07) is 9.38. The van der Waals surface area contributed by atoms with Crippen molar-refractivity contribution in [2.24, 2.45) is 5.41 Å². The maximum absolute atomic E-state index is 5.62. The van der Waals surface area contributed by atoms with Crippen LogP contribution < -0.4 is 9.80 Å². The lowest BCUT2D eigenvalue weighted by atomic mass is 9.70. The molecule has 0 amide bonds. The van der Waals surface area contributed by atoms with E-state index in [0.717, 1.165) is 58.7 Å². The number of benzene rings is 1. The molecular weight excluding hydrogens is 482 g/mol. The Bertz CT molecular complexity index is 1000. The average Bonchev–Trinajstić information content (AvgIpc) is 3.46. The molecule has 6 heteroatoms. The molecule has 0 radical (unpaired) electrons. The SMILES string of the molecule is CCC1(CC)CC=C(c2cc(N3CCC(OC)CC3)ccc2N2CCN(Cc3ccoc3)CC2)CC1.Cl. The number of piperidine rings is 1. The minimum Gasteiger partial charge on any atom is -0.472 e. The number of piperazine rings is 1. The largest absolute Gasteiger partial charge is 0.472 e. The molecule has 3 aliphatic rings. The monoisotopic (exact) mass is 527 g/mol. The first kappa shape index (κ1) is 28.1. The van der Waals surface area contributed by atoms with E-state index in [1.54, 1.807) is 11.8 Å². The van der Waals surface area contributed by atoms with Gasteiger partial charge in [-0.15, -0.1) is 12.4 Å². The van der Waals surface area contributed by atoms with Crippen LogP contribution in [-0.4, -0.2) is 57.4 Å². The third-order valence-corrected chi connectivity index (χ3v) is 9.37. The summed E-state index contributed by atoms with van der Waals surface area (Å²) >= 11 is 0. The van der Waals surface area contributed by atoms with Crippen LogP contribution in [0.4, 0.5) is 11.4 Å². The van der Waals surface area contributed by atoms with Crippen molar-refractivity contribution in [3.05, 3.63) is 54.0 Å². The quantitative estimate of drug-likeness (QED) is 0.368. The van der Waals surface area contributed by atoms with Gasteiger partial charge in [0.25, 0.3) is 0 Å². The van der Waals surface area contributed by atoms with Crippen molar-refractivity contribution in [2.75, 3.05) is 56.2 Å². The van der Waals surface area contributed by atoms with E-state index in [-0.39, 0.29) is 12.4 Å². The number of furan rings is 1. The highest BCUT2D eigenvalue weighted by molar-refractivity contribution is 5.85. The number of halogens is 1. The number of hydrogen-bond acceptors (Lipinski definition) is 5. The molecular formula is C31H46ClN3O2. The first-order valence-corrected chi connectivity index (χ1v) is 14.2. The molecule has 0 atom stereocenters. The third kappa shape index (κ3) is 6.38. The molecule has 2 saturated heterocycles. The Kier molecular flexibility index (Phi) is 9.66. The minimum atomic E-state index is 0. The van der Waals surface area contributed by atoms with Gasteiger partial charge in [0, 0.05) is 75.4 Å². The number of nitrogens with zero attached hydrogens (tertiary/aromatic N) is 3. The van der Waals surface area contributed by atoms with Gasteiger partial charge in [-0.3, -0.25) is 4.90 Å². The summed E-state index contributed by atoms with van der Waals surface area (Å²) in [7, 11) is 1.85. The van der Waals surface area contributed by atoms with Crippen molar-refractivity contribution in [3.8, 4) is 0 Å². The molecule has 0 N–H and O–H groups in total. The van der Waals surface area contributed by atoms with Crippen molar-refractivity contribution in [2.45, 2.75) is 71.4 Å². The maximum atomic E-state index is 5.62. The van der Waals surface area contributed by atoms with Crippen LogP contribution in [0.1, 0.15) is 69.9 Å². The number of hydrogen-bond donors (Lipinski definition) is 0. The molecule has 2 aromatic rings. The molecule has 1 aromatic carbocycles. The molecule has 5 nitrogen and oxygen atoms in total. The lowest BCUT2D eigenvalue weighted by Gasteiger charge is -2.39. The molecule has 1 aliphatic carbocycles. The number of methoxy groups -OCH3 is 1. The van der Waals surface area contributed by atoms with Crippen LogP contribution in [0.3, 0.4) is 0 Å². The van der Waals surface area contributed by atoms with E-state index in [0.29, 0.717) is 11.5 Å². The number of rotatable bonds is 8. The molecule has 204 valence electrons. The number of ether oxygens (including phenoxy) is 1. The standard InChI is InChI=1S/C31H45N3O2.ClH/c1-4-31(5-2)13-8-26(9-14-31)29-22-27(33-15-10-28(35-3)11-16-33)6-7-30(29)34-19-17-32(18-20-34)23-25-12-21-36-24-25;/h6-8,12,21-22,24,28H,4-5,9-11,13-20,23H2,1-3H3;1H. The smallest absolute Gasteiger partial charge is 0.0947 e. The molecule has 37 heavy (non-hydrogen) atoms. The predicted molar refractivity (Wildman–Crippen MR) is 157 cm³/mol. The Hall–Kier alpha value is -1.95. The highest BCUT2D eigenvalue weighted by Gasteiger charge is 2.30. The van der Waals surface area contributed by atoms with E-state index < -0.39 is 0 Å². The molecule has 3 heterocycles. The van der Waals surface area contributed by atoms with Crippen LogP contribution in [-0.2, 0) is 11.3 Å². The second-order valence-corrected chi connectivity index (χ2v) is 11.2. The molecule has 0 unspecified atom stereocenters. The van der Waals surface area contributed by atoms with E-state index in [1.165, 1.54) is 54.6 Å². The second kappa shape index (κ2) is 12.7. The van der Waals surface area contributed by atoms with Gasteiger partial charge in [0.05, 0.1) is 18.6 Å². The summed E-state index contributed by atoms with van der Waals surface area (Å²) < 4.78 is 10.9. The number of allylic oxidation sites excluding steroid dienone is 2. The normalized spacial score (nSPS) is 21.0. The van der Waals surface area contributed by atoms with Crippen LogP contribution in [0.25, 0.3) is 5.57 Å². The van der Waals surface area contributed by atoms with E-state index >= 15 is 0 Å². The van der Waals surface area contributed by atoms with Crippen LogP contribution in [0.5, 0.6) is 0 Å². The van der Waals surface area contributed by atoms with Gasteiger partial charge in [0.1, 0.15) is 0 Å². The van der Waals surface area contributed by atoms with Gasteiger partial charge in [-0.2, -0.15) is 0 Å². The van der Waals surface area contributed by atoms with Crippen LogP contribution in [0, 0.1) is 5.41 Å². The molecule has 2 fully saturated rings. The maximum Gasteiger partial charge on any atom is 0.0947 e.